The fourth-order valence-electron chi connectivity index (χ4n) is 5.85. The molecule has 9 heteroatoms. The van der Waals surface area contributed by atoms with E-state index in [1.807, 2.05) is 56.3 Å². The summed E-state index contributed by atoms with van der Waals surface area (Å²) < 4.78 is 0. The number of Topliss-reactive ketones (excluding diaryl/α,β-unsaturated/α-hetero) is 1. The van der Waals surface area contributed by atoms with Gasteiger partial charge < -0.3 is 4.90 Å². The number of carbonyl (C=O) groups excluding carboxylic acids is 3. The van der Waals surface area contributed by atoms with Crippen molar-refractivity contribution in [1.29, 1.82) is 0 Å². The smallest absolute Gasteiger partial charge is 0.266 e. The van der Waals surface area contributed by atoms with E-state index < -0.39 is 0 Å². The highest BCUT2D eigenvalue weighted by molar-refractivity contribution is 8.12. The lowest BCUT2D eigenvalue weighted by atomic mass is 10.0. The number of allylic oxidation sites excluding steroid dienone is 2. The molecule has 4 aromatic rings. The Hall–Kier alpha value is -4.31. The molecule has 0 atom stereocenters. The van der Waals surface area contributed by atoms with Crippen molar-refractivity contribution < 1.29 is 14.4 Å². The lowest BCUT2D eigenvalue weighted by Crippen LogP contribution is -2.56. The molecule has 2 aliphatic heterocycles. The Labute approximate surface area is 269 Å². The van der Waals surface area contributed by atoms with Crippen molar-refractivity contribution in [2.24, 2.45) is 0 Å². The van der Waals surface area contributed by atoms with E-state index in [1.165, 1.54) is 21.6 Å². The van der Waals surface area contributed by atoms with Gasteiger partial charge in [0.25, 0.3) is 11.8 Å². The Morgan fingerprint density at radius 1 is 0.773 bits per heavy atom. The van der Waals surface area contributed by atoms with Crippen LogP contribution >= 0.6 is 35.3 Å². The number of para-hydroxylation sites is 2. The van der Waals surface area contributed by atoms with Crippen molar-refractivity contribution in [3.8, 4) is 10.4 Å². The second-order valence-electron chi connectivity index (χ2n) is 10.5. The Bertz CT molecular complexity index is 1840. The number of amides is 2. The molecule has 0 radical (unpaired) electrons. The number of rotatable bonds is 6. The molecular formula is C35H27N3O3S3. The molecule has 7 rings (SSSR count). The standard InChI is InChI=1S/C35H27N3O3S3/c1-3-36-33(40)29(34(41)37(4-2)35(36)42)28-20-26-30(39)25-19-27(43-31(25)32(26)44-28)21-15-17-24(18-16-21)38(22-11-7-5-8-12-22)23-13-9-6-10-14-23/h5-19H,3-4,20H2,1-2H3. The Balaban J connectivity index is 1.19. The molecule has 218 valence electrons. The van der Waals surface area contributed by atoms with Gasteiger partial charge in [-0.15, -0.1) is 11.3 Å². The molecule has 0 saturated carbocycles. The zero-order valence-corrected chi connectivity index (χ0v) is 26.5. The van der Waals surface area contributed by atoms with Gasteiger partial charge in [-0.2, -0.15) is 0 Å². The minimum atomic E-state index is -0.379. The zero-order valence-electron chi connectivity index (χ0n) is 24.1. The lowest BCUT2D eigenvalue weighted by molar-refractivity contribution is -0.133. The molecule has 3 aliphatic rings. The number of likely N-dealkylation sites (N-methyl/N-ethyl adjacent to an activating group) is 2. The number of thiocarbonyl (C=S) groups is 1. The van der Waals surface area contributed by atoms with Crippen LogP contribution < -0.4 is 4.90 Å². The van der Waals surface area contributed by atoms with Crippen molar-refractivity contribution in [1.82, 2.24) is 9.80 Å². The van der Waals surface area contributed by atoms with Crippen LogP contribution in [-0.2, 0) is 9.59 Å². The number of fused-ring (bicyclic) bond motifs is 2. The molecule has 3 aromatic carbocycles. The molecule has 0 N–H and O–H groups in total. The highest BCUT2D eigenvalue weighted by atomic mass is 32.2. The van der Waals surface area contributed by atoms with E-state index in [4.69, 9.17) is 12.2 Å². The Morgan fingerprint density at radius 2 is 1.32 bits per heavy atom. The van der Waals surface area contributed by atoms with Crippen LogP contribution in [0, 0.1) is 0 Å². The molecule has 0 spiro atoms. The van der Waals surface area contributed by atoms with Gasteiger partial charge in [0.05, 0.1) is 4.88 Å². The van der Waals surface area contributed by atoms with Crippen LogP contribution in [0.15, 0.2) is 107 Å². The molecule has 3 heterocycles. The summed E-state index contributed by atoms with van der Waals surface area (Å²) >= 11 is 8.37. The second-order valence-corrected chi connectivity index (χ2v) is 13.0. The van der Waals surface area contributed by atoms with E-state index in [0.717, 1.165) is 37.3 Å². The van der Waals surface area contributed by atoms with E-state index in [0.29, 0.717) is 29.1 Å². The number of anilines is 3. The number of benzene rings is 3. The van der Waals surface area contributed by atoms with E-state index in [2.05, 4.69) is 53.4 Å². The van der Waals surface area contributed by atoms with Crippen LogP contribution in [-0.4, -0.2) is 45.6 Å². The summed E-state index contributed by atoms with van der Waals surface area (Å²) in [5.74, 6) is -0.784. The number of nitrogens with zero attached hydrogens (tertiary/aromatic N) is 3. The molecule has 6 nitrogen and oxygen atoms in total. The topological polar surface area (TPSA) is 60.9 Å². The summed E-state index contributed by atoms with van der Waals surface area (Å²) in [6, 6.07) is 30.9. The second kappa shape index (κ2) is 11.3. The molecule has 1 aromatic heterocycles. The summed E-state index contributed by atoms with van der Waals surface area (Å²) in [4.78, 5) is 48.8. The van der Waals surface area contributed by atoms with E-state index in [9.17, 15) is 14.4 Å². The van der Waals surface area contributed by atoms with Crippen molar-refractivity contribution in [3.05, 3.63) is 117 Å². The molecule has 0 bridgehead atoms. The number of thiophene rings is 1. The van der Waals surface area contributed by atoms with Crippen LogP contribution in [0.5, 0.6) is 0 Å². The summed E-state index contributed by atoms with van der Waals surface area (Å²) in [6.45, 7) is 4.43. The minimum absolute atomic E-state index is 0.0255. The van der Waals surface area contributed by atoms with E-state index in [-0.39, 0.29) is 34.7 Å². The predicted molar refractivity (Wildman–Crippen MR) is 182 cm³/mol. The lowest BCUT2D eigenvalue weighted by Gasteiger charge is -2.36. The number of hydrogen-bond donors (Lipinski definition) is 0. The van der Waals surface area contributed by atoms with Gasteiger partial charge in [0, 0.05) is 62.4 Å². The largest absolute Gasteiger partial charge is 0.311 e. The first kappa shape index (κ1) is 28.5. The molecule has 0 unspecified atom stereocenters. The van der Waals surface area contributed by atoms with Crippen LogP contribution in [0.3, 0.4) is 0 Å². The van der Waals surface area contributed by atoms with Gasteiger partial charge in [0.1, 0.15) is 5.57 Å². The van der Waals surface area contributed by atoms with Gasteiger partial charge in [-0.1, -0.05) is 60.3 Å². The zero-order chi connectivity index (χ0) is 30.5. The molecule has 1 fully saturated rings. The highest BCUT2D eigenvalue weighted by Crippen LogP contribution is 2.57. The first-order valence-electron chi connectivity index (χ1n) is 14.4. The van der Waals surface area contributed by atoms with Crippen molar-refractivity contribution in [2.45, 2.75) is 20.3 Å². The van der Waals surface area contributed by atoms with Crippen LogP contribution in [0.2, 0.25) is 0 Å². The van der Waals surface area contributed by atoms with Crippen molar-refractivity contribution in [2.75, 3.05) is 18.0 Å². The number of thioether (sulfide) groups is 1. The Kier molecular flexibility index (Phi) is 7.32. The summed E-state index contributed by atoms with van der Waals surface area (Å²) in [5, 5.41) is 0.237. The third-order valence-corrected chi connectivity index (χ3v) is 11.0. The summed E-state index contributed by atoms with van der Waals surface area (Å²) in [6.07, 6.45) is 0.285. The summed E-state index contributed by atoms with van der Waals surface area (Å²) in [5.41, 5.74) is 5.67. The number of carbonyl (C=O) groups is 3. The average molecular weight is 634 g/mol. The SMILES string of the molecule is CCN1C(=O)C(=C2CC3=C(S2)c2sc(-c4ccc(N(c5ccccc5)c5ccccc5)cc4)cc2C3=O)C(=O)N(CC)C1=S. The fourth-order valence-corrected chi connectivity index (χ4v) is 8.89. The molecule has 1 saturated heterocycles. The molecular weight excluding hydrogens is 607 g/mol. The van der Waals surface area contributed by atoms with Crippen LogP contribution in [0.25, 0.3) is 15.3 Å². The van der Waals surface area contributed by atoms with E-state index in [1.54, 1.807) is 11.3 Å². The third-order valence-electron chi connectivity index (χ3n) is 8.02. The molecule has 1 aliphatic carbocycles. The first-order chi connectivity index (χ1) is 21.4. The first-order valence-corrected chi connectivity index (χ1v) is 16.5. The highest BCUT2D eigenvalue weighted by Gasteiger charge is 2.44. The van der Waals surface area contributed by atoms with E-state index >= 15 is 0 Å². The van der Waals surface area contributed by atoms with Gasteiger partial charge in [0.15, 0.2) is 10.9 Å². The van der Waals surface area contributed by atoms with Gasteiger partial charge in [-0.3, -0.25) is 24.2 Å². The fraction of sp³-hybridized carbons (Fsp3) is 0.143. The van der Waals surface area contributed by atoms with Gasteiger partial charge >= 0.3 is 0 Å². The van der Waals surface area contributed by atoms with Gasteiger partial charge in [-0.25, -0.2) is 0 Å². The normalized spacial score (nSPS) is 16.3. The molecule has 2 amide bonds. The third kappa shape index (κ3) is 4.54. The molecule has 44 heavy (non-hydrogen) atoms. The van der Waals surface area contributed by atoms with Crippen LogP contribution in [0.4, 0.5) is 17.1 Å². The Morgan fingerprint density at radius 3 is 1.86 bits per heavy atom. The number of ketones is 1. The maximum absolute atomic E-state index is 13.6. The summed E-state index contributed by atoms with van der Waals surface area (Å²) in [7, 11) is 0. The maximum Gasteiger partial charge on any atom is 0.266 e. The maximum atomic E-state index is 13.6. The van der Waals surface area contributed by atoms with Crippen molar-refractivity contribution in [3.63, 3.8) is 0 Å². The van der Waals surface area contributed by atoms with Crippen LogP contribution in [0.1, 0.15) is 35.5 Å². The quantitative estimate of drug-likeness (QED) is 0.121. The number of hydrogen-bond acceptors (Lipinski definition) is 7. The van der Waals surface area contributed by atoms with Gasteiger partial charge in [-0.05, 0) is 74.1 Å². The van der Waals surface area contributed by atoms with Gasteiger partial charge in [0.2, 0.25) is 0 Å². The monoisotopic (exact) mass is 633 g/mol. The average Bonchev–Trinajstić information content (AvgIpc) is 3.73. The minimum Gasteiger partial charge on any atom is -0.311 e. The predicted octanol–water partition coefficient (Wildman–Crippen LogP) is 8.18. The van der Waals surface area contributed by atoms with Crippen molar-refractivity contribution >= 4 is 80.0 Å².